The van der Waals surface area contributed by atoms with E-state index in [0.717, 1.165) is 29.7 Å². The first kappa shape index (κ1) is 23.9. The van der Waals surface area contributed by atoms with Crippen molar-refractivity contribution in [1.29, 1.82) is 0 Å². The van der Waals surface area contributed by atoms with Crippen molar-refractivity contribution in [3.63, 3.8) is 0 Å². The van der Waals surface area contributed by atoms with Crippen LogP contribution < -0.4 is 20.8 Å². The van der Waals surface area contributed by atoms with Gasteiger partial charge in [0.2, 0.25) is 0 Å². The van der Waals surface area contributed by atoms with E-state index in [1.807, 2.05) is 32.0 Å². The van der Waals surface area contributed by atoms with Crippen molar-refractivity contribution >= 4 is 29.6 Å². The largest absolute Gasteiger partial charge is 0.484 e. The van der Waals surface area contributed by atoms with Crippen molar-refractivity contribution in [2.24, 2.45) is 5.10 Å². The number of hydrogen-bond acceptors (Lipinski definition) is 6. The van der Waals surface area contributed by atoms with Crippen molar-refractivity contribution in [1.82, 2.24) is 10.7 Å². The second-order valence-corrected chi connectivity index (χ2v) is 7.83. The topological polar surface area (TPSA) is 118 Å². The Hall–Kier alpha value is -3.72. The normalized spacial score (nSPS) is 15.3. The summed E-state index contributed by atoms with van der Waals surface area (Å²) < 4.78 is 10.9. The van der Waals surface area contributed by atoms with E-state index >= 15 is 0 Å². The molecule has 1 aliphatic rings. The van der Waals surface area contributed by atoms with E-state index in [9.17, 15) is 14.4 Å². The maximum absolute atomic E-state index is 12.1. The Morgan fingerprint density at radius 2 is 1.82 bits per heavy atom. The fraction of sp³-hybridized carbons (Fsp3) is 0.333. The van der Waals surface area contributed by atoms with Crippen LogP contribution >= 0.6 is 0 Å². The Labute approximate surface area is 192 Å². The second-order valence-electron chi connectivity index (χ2n) is 7.83. The molecule has 0 radical (unpaired) electrons. The van der Waals surface area contributed by atoms with E-state index in [1.54, 1.807) is 24.3 Å². The van der Waals surface area contributed by atoms with Crippen molar-refractivity contribution in [3.8, 4) is 5.75 Å². The lowest BCUT2D eigenvalue weighted by molar-refractivity contribution is -0.139. The van der Waals surface area contributed by atoms with Crippen LogP contribution in [-0.2, 0) is 19.1 Å². The third-order valence-corrected chi connectivity index (χ3v) is 4.86. The van der Waals surface area contributed by atoms with E-state index in [2.05, 4.69) is 21.2 Å². The monoisotopic (exact) mass is 452 g/mol. The fourth-order valence-corrected chi connectivity index (χ4v) is 3.35. The summed E-state index contributed by atoms with van der Waals surface area (Å²) in [6.45, 7) is 4.80. The van der Waals surface area contributed by atoms with Crippen molar-refractivity contribution in [3.05, 3.63) is 59.2 Å². The lowest BCUT2D eigenvalue weighted by Gasteiger charge is -2.09. The number of nitrogens with zero attached hydrogens (tertiary/aromatic N) is 1. The third-order valence-electron chi connectivity index (χ3n) is 4.86. The first-order valence-corrected chi connectivity index (χ1v) is 10.7. The molecule has 1 aliphatic heterocycles. The van der Waals surface area contributed by atoms with Gasteiger partial charge >= 0.3 is 11.8 Å². The number of benzene rings is 2. The quantitative estimate of drug-likeness (QED) is 0.322. The summed E-state index contributed by atoms with van der Waals surface area (Å²) in [6, 6.07) is 12.6. The van der Waals surface area contributed by atoms with Crippen LogP contribution in [0.1, 0.15) is 29.5 Å². The van der Waals surface area contributed by atoms with Crippen LogP contribution in [0.3, 0.4) is 0 Å². The summed E-state index contributed by atoms with van der Waals surface area (Å²) >= 11 is 0. The number of hydrazone groups is 1. The fourth-order valence-electron chi connectivity index (χ4n) is 3.35. The number of ether oxygens (including phenoxy) is 2. The Kier molecular flexibility index (Phi) is 8.54. The summed E-state index contributed by atoms with van der Waals surface area (Å²) in [7, 11) is 0. The van der Waals surface area contributed by atoms with E-state index < -0.39 is 11.8 Å². The van der Waals surface area contributed by atoms with Gasteiger partial charge in [-0.2, -0.15) is 5.10 Å². The lowest BCUT2D eigenvalue weighted by atomic mass is 10.1. The minimum atomic E-state index is -0.848. The molecule has 0 unspecified atom stereocenters. The van der Waals surface area contributed by atoms with Crippen molar-refractivity contribution < 1.29 is 23.9 Å². The average Bonchev–Trinajstić information content (AvgIpc) is 3.30. The van der Waals surface area contributed by atoms with E-state index in [0.29, 0.717) is 24.5 Å². The molecule has 0 bridgehead atoms. The number of anilines is 1. The van der Waals surface area contributed by atoms with Gasteiger partial charge in [0.25, 0.3) is 5.91 Å². The van der Waals surface area contributed by atoms with Gasteiger partial charge in [0.1, 0.15) is 5.75 Å². The average molecular weight is 453 g/mol. The van der Waals surface area contributed by atoms with Gasteiger partial charge in [-0.1, -0.05) is 6.07 Å². The van der Waals surface area contributed by atoms with Crippen molar-refractivity contribution in [2.45, 2.75) is 32.8 Å². The first-order valence-electron chi connectivity index (χ1n) is 10.7. The maximum atomic E-state index is 12.1. The Morgan fingerprint density at radius 3 is 2.48 bits per heavy atom. The number of carbonyl (C=O) groups is 3. The molecule has 3 rings (SSSR count). The van der Waals surface area contributed by atoms with Gasteiger partial charge in [0, 0.05) is 18.8 Å². The zero-order valence-corrected chi connectivity index (χ0v) is 18.7. The van der Waals surface area contributed by atoms with E-state index in [-0.39, 0.29) is 18.6 Å². The van der Waals surface area contributed by atoms with Crippen LogP contribution in [0.2, 0.25) is 0 Å². The molecular weight excluding hydrogens is 424 g/mol. The van der Waals surface area contributed by atoms with Gasteiger partial charge in [-0.05, 0) is 79.8 Å². The predicted molar refractivity (Wildman–Crippen MR) is 124 cm³/mol. The lowest BCUT2D eigenvalue weighted by Crippen LogP contribution is -2.41. The van der Waals surface area contributed by atoms with Gasteiger partial charge in [0.15, 0.2) is 6.61 Å². The molecule has 1 atom stereocenters. The van der Waals surface area contributed by atoms with Crippen LogP contribution in [0.5, 0.6) is 5.75 Å². The van der Waals surface area contributed by atoms with Gasteiger partial charge in [-0.15, -0.1) is 0 Å². The number of rotatable bonds is 8. The Morgan fingerprint density at radius 1 is 1.09 bits per heavy atom. The summed E-state index contributed by atoms with van der Waals surface area (Å²) in [5, 5.41) is 9.12. The molecule has 3 N–H and O–H groups in total. The highest BCUT2D eigenvalue weighted by molar-refractivity contribution is 6.35. The summed E-state index contributed by atoms with van der Waals surface area (Å²) in [4.78, 5) is 35.7. The minimum absolute atomic E-state index is 0.0382. The summed E-state index contributed by atoms with van der Waals surface area (Å²) in [6.07, 6.45) is 3.20. The van der Waals surface area contributed by atoms with Crippen molar-refractivity contribution in [2.75, 3.05) is 25.1 Å². The molecule has 0 spiro atoms. The van der Waals surface area contributed by atoms with Crippen LogP contribution in [0.4, 0.5) is 5.69 Å². The Bertz CT molecular complexity index is 994. The van der Waals surface area contributed by atoms with Gasteiger partial charge in [0.05, 0.1) is 12.3 Å². The maximum Gasteiger partial charge on any atom is 0.329 e. The molecule has 174 valence electrons. The molecule has 1 fully saturated rings. The van der Waals surface area contributed by atoms with Crippen LogP contribution in [-0.4, -0.2) is 49.8 Å². The van der Waals surface area contributed by atoms with Gasteiger partial charge in [-0.3, -0.25) is 14.4 Å². The zero-order chi connectivity index (χ0) is 23.6. The molecule has 2 aromatic rings. The smallest absolute Gasteiger partial charge is 0.329 e. The van der Waals surface area contributed by atoms with Gasteiger partial charge in [-0.25, -0.2) is 5.43 Å². The first-order chi connectivity index (χ1) is 15.9. The van der Waals surface area contributed by atoms with E-state index in [4.69, 9.17) is 9.47 Å². The highest BCUT2D eigenvalue weighted by Crippen LogP contribution is 2.15. The highest BCUT2D eigenvalue weighted by atomic mass is 16.5. The molecule has 0 saturated carbocycles. The van der Waals surface area contributed by atoms with Gasteiger partial charge < -0.3 is 20.1 Å². The third kappa shape index (κ3) is 8.04. The molecule has 33 heavy (non-hydrogen) atoms. The molecule has 2 aromatic carbocycles. The standard InChI is InChI=1S/C24H28N4O5/c1-16-10-17(2)12-19(11-16)27-22(29)15-33-20-7-5-18(6-8-20)13-26-28-24(31)23(30)25-14-21-4-3-9-32-21/h5-8,10-13,21H,3-4,9,14-15H2,1-2H3,(H,25,30)(H,27,29)(H,28,31)/b26-13-/t21-/m0/s1. The van der Waals surface area contributed by atoms with Crippen LogP contribution in [0.15, 0.2) is 47.6 Å². The minimum Gasteiger partial charge on any atom is -0.484 e. The second kappa shape index (κ2) is 11.8. The predicted octanol–water partition coefficient (Wildman–Crippen LogP) is 2.07. The number of carbonyl (C=O) groups excluding carboxylic acids is 3. The zero-order valence-electron chi connectivity index (χ0n) is 18.7. The molecule has 0 aliphatic carbocycles. The molecule has 1 saturated heterocycles. The molecule has 1 heterocycles. The highest BCUT2D eigenvalue weighted by Gasteiger charge is 2.18. The van der Waals surface area contributed by atoms with Crippen LogP contribution in [0.25, 0.3) is 0 Å². The molecule has 9 heteroatoms. The number of aryl methyl sites for hydroxylation is 2. The Balaban J connectivity index is 1.39. The number of nitrogens with one attached hydrogen (secondary N) is 3. The number of amides is 3. The SMILES string of the molecule is Cc1cc(C)cc(NC(=O)COc2ccc(/C=N\NC(=O)C(=O)NC[C@@H]3CCCO3)cc2)c1. The summed E-state index contributed by atoms with van der Waals surface area (Å²) in [5.74, 6) is -1.35. The molecular formula is C24H28N4O5. The van der Waals surface area contributed by atoms with E-state index in [1.165, 1.54) is 6.21 Å². The molecule has 9 nitrogen and oxygen atoms in total. The molecule has 0 aromatic heterocycles. The number of hydrogen-bond donors (Lipinski definition) is 3. The van der Waals surface area contributed by atoms with Crippen LogP contribution in [0, 0.1) is 13.8 Å². The molecule has 3 amide bonds. The summed E-state index contributed by atoms with van der Waals surface area (Å²) in [5.41, 5.74) is 5.74.